The number of aliphatic imine (C=N–C) groups is 1. The number of thiocarbonyl (C=S) groups is 1. The number of aromatic nitrogens is 2. The van der Waals surface area contributed by atoms with E-state index in [1.54, 1.807) is 18.2 Å². The fourth-order valence-electron chi connectivity index (χ4n) is 5.58. The Morgan fingerprint density at radius 1 is 0.760 bits per heavy atom. The van der Waals surface area contributed by atoms with Crippen molar-refractivity contribution >= 4 is 29.3 Å². The molecule has 2 aromatic rings. The normalized spacial score (nSPS) is 17.1. The maximum Gasteiger partial charge on any atom is 0.356 e. The van der Waals surface area contributed by atoms with E-state index in [1.807, 2.05) is 18.2 Å². The number of hydrogen-bond acceptors (Lipinski definition) is 14. The van der Waals surface area contributed by atoms with Crippen LogP contribution in [0.5, 0.6) is 0 Å². The van der Waals surface area contributed by atoms with Gasteiger partial charge in [-0.05, 0) is 49.3 Å². The number of esters is 2. The van der Waals surface area contributed by atoms with Crippen molar-refractivity contribution in [2.45, 2.75) is 51.1 Å². The Kier molecular flexibility index (Phi) is 21.2. The average Bonchev–Trinajstić information content (AvgIpc) is 3.14. The monoisotopic (exact) mass is 715 g/mol. The van der Waals surface area contributed by atoms with E-state index in [2.05, 4.69) is 37.2 Å². The molecule has 2 aromatic heterocycles. The Labute approximate surface area is 301 Å². The van der Waals surface area contributed by atoms with Gasteiger partial charge < -0.3 is 28.4 Å². The van der Waals surface area contributed by atoms with Crippen LogP contribution in [-0.2, 0) is 35.0 Å². The highest BCUT2D eigenvalue weighted by Crippen LogP contribution is 2.26. The van der Waals surface area contributed by atoms with Gasteiger partial charge >= 0.3 is 11.9 Å². The molecule has 1 aliphatic heterocycles. The topological polar surface area (TPSA) is 134 Å². The predicted molar refractivity (Wildman–Crippen MR) is 192 cm³/mol. The zero-order valence-corrected chi connectivity index (χ0v) is 30.4. The quantitative estimate of drug-likeness (QED) is 0.118. The summed E-state index contributed by atoms with van der Waals surface area (Å²) in [6, 6.07) is 10.8. The minimum Gasteiger partial charge on any atom is -0.464 e. The van der Waals surface area contributed by atoms with Gasteiger partial charge in [-0.25, -0.2) is 24.5 Å². The number of isothiocyanates is 1. The van der Waals surface area contributed by atoms with Gasteiger partial charge in [0.25, 0.3) is 0 Å². The van der Waals surface area contributed by atoms with Gasteiger partial charge in [0, 0.05) is 39.3 Å². The zero-order chi connectivity index (χ0) is 35.7. The Hall–Kier alpha value is -3.20. The molecule has 1 atom stereocenters. The molecule has 0 bridgehead atoms. The van der Waals surface area contributed by atoms with Crippen LogP contribution in [0.4, 0.5) is 0 Å². The lowest BCUT2D eigenvalue weighted by molar-refractivity contribution is 0.000253. The van der Waals surface area contributed by atoms with E-state index in [1.165, 1.54) is 14.2 Å². The van der Waals surface area contributed by atoms with Crippen molar-refractivity contribution in [3.63, 3.8) is 0 Å². The van der Waals surface area contributed by atoms with Crippen LogP contribution in [0, 0.1) is 0 Å². The molecule has 50 heavy (non-hydrogen) atoms. The molecule has 0 saturated carbocycles. The molecule has 0 spiro atoms. The molecule has 0 aromatic carbocycles. The van der Waals surface area contributed by atoms with Crippen molar-refractivity contribution in [3.05, 3.63) is 59.2 Å². The molecule has 1 saturated heterocycles. The highest BCUT2D eigenvalue weighted by Gasteiger charge is 2.23. The number of ether oxygens (including phenoxy) is 6. The smallest absolute Gasteiger partial charge is 0.356 e. The standard InChI is InChI=1S/C36H53N5O8S/c1-44-35(42)32-12-8-10-30(38-32)28-40-16-20-46-24-26-48-22-18-41(19-23-49-27-25-47-21-17-40)34(14-6-4-3-5-7-15-37-29-50)31-11-9-13-33(39-31)36(43)45-2/h8-13,34H,3-7,14-28H2,1-2H3. The second-order valence-electron chi connectivity index (χ2n) is 11.8. The van der Waals surface area contributed by atoms with E-state index < -0.39 is 11.9 Å². The zero-order valence-electron chi connectivity index (χ0n) is 29.6. The van der Waals surface area contributed by atoms with Crippen molar-refractivity contribution in [1.82, 2.24) is 19.8 Å². The highest BCUT2D eigenvalue weighted by molar-refractivity contribution is 7.78. The molecule has 14 heteroatoms. The highest BCUT2D eigenvalue weighted by atomic mass is 32.1. The van der Waals surface area contributed by atoms with Gasteiger partial charge in [-0.2, -0.15) is 0 Å². The van der Waals surface area contributed by atoms with E-state index in [9.17, 15) is 9.59 Å². The summed E-state index contributed by atoms with van der Waals surface area (Å²) in [6.07, 6.45) is 6.18. The Morgan fingerprint density at radius 3 is 1.90 bits per heavy atom. The average molecular weight is 716 g/mol. The number of nitrogens with zero attached hydrogens (tertiary/aromatic N) is 5. The van der Waals surface area contributed by atoms with E-state index >= 15 is 0 Å². The predicted octanol–water partition coefficient (Wildman–Crippen LogP) is 4.42. The van der Waals surface area contributed by atoms with Crippen LogP contribution in [0.15, 0.2) is 41.4 Å². The second-order valence-corrected chi connectivity index (χ2v) is 11.9. The maximum absolute atomic E-state index is 12.3. The fraction of sp³-hybridized carbons (Fsp3) is 0.639. The molecule has 3 rings (SSSR count). The van der Waals surface area contributed by atoms with E-state index in [-0.39, 0.29) is 11.7 Å². The van der Waals surface area contributed by atoms with Crippen molar-refractivity contribution in [1.29, 1.82) is 0 Å². The summed E-state index contributed by atoms with van der Waals surface area (Å²) in [5.41, 5.74) is 2.17. The van der Waals surface area contributed by atoms with Gasteiger partial charge in [-0.15, -0.1) is 0 Å². The van der Waals surface area contributed by atoms with Crippen LogP contribution in [0.25, 0.3) is 0 Å². The first-order valence-corrected chi connectivity index (χ1v) is 17.9. The Bertz CT molecular complexity index is 1290. The third-order valence-corrected chi connectivity index (χ3v) is 8.37. The lowest BCUT2D eigenvalue weighted by atomic mass is 10.0. The van der Waals surface area contributed by atoms with E-state index in [0.717, 1.165) is 56.5 Å². The maximum atomic E-state index is 12.3. The number of methoxy groups -OCH3 is 2. The molecule has 276 valence electrons. The molecule has 1 unspecified atom stereocenters. The molecular weight excluding hydrogens is 662 g/mol. The van der Waals surface area contributed by atoms with E-state index in [0.29, 0.717) is 91.3 Å². The number of rotatable bonds is 14. The van der Waals surface area contributed by atoms with Crippen molar-refractivity contribution in [2.24, 2.45) is 4.99 Å². The third kappa shape index (κ3) is 16.2. The van der Waals surface area contributed by atoms with Crippen LogP contribution in [0.2, 0.25) is 0 Å². The number of carbonyl (C=O) groups is 2. The first-order valence-electron chi connectivity index (χ1n) is 17.5. The van der Waals surface area contributed by atoms with Crippen molar-refractivity contribution in [2.75, 3.05) is 99.8 Å². The first-order chi connectivity index (χ1) is 24.5. The van der Waals surface area contributed by atoms with Gasteiger partial charge in [0.1, 0.15) is 11.4 Å². The molecule has 0 N–H and O–H groups in total. The van der Waals surface area contributed by atoms with Gasteiger partial charge in [0.05, 0.1) is 89.7 Å². The molecule has 3 heterocycles. The van der Waals surface area contributed by atoms with Crippen molar-refractivity contribution in [3.8, 4) is 0 Å². The largest absolute Gasteiger partial charge is 0.464 e. The van der Waals surface area contributed by atoms with Gasteiger partial charge in [0.15, 0.2) is 0 Å². The summed E-state index contributed by atoms with van der Waals surface area (Å²) < 4.78 is 33.6. The van der Waals surface area contributed by atoms with Crippen LogP contribution in [0.1, 0.15) is 76.9 Å². The number of carbonyl (C=O) groups excluding carboxylic acids is 2. The molecule has 13 nitrogen and oxygen atoms in total. The van der Waals surface area contributed by atoms with Gasteiger partial charge in [-0.1, -0.05) is 37.8 Å². The lowest BCUT2D eigenvalue weighted by Crippen LogP contribution is -2.36. The summed E-state index contributed by atoms with van der Waals surface area (Å²) in [7, 11) is 2.71. The molecular formula is C36H53N5O8S. The SMILES string of the molecule is COC(=O)c1cccc(CN2CCOCCOCCN(C(CCCCCCCN=C=S)c3cccc(C(=O)OC)n3)CCOCCOCC2)n1. The van der Waals surface area contributed by atoms with Crippen LogP contribution in [0.3, 0.4) is 0 Å². The molecule has 1 aliphatic rings. The van der Waals surface area contributed by atoms with Crippen molar-refractivity contribution < 1.29 is 38.0 Å². The summed E-state index contributed by atoms with van der Waals surface area (Å²) in [5, 5.41) is 2.43. The third-order valence-electron chi connectivity index (χ3n) is 8.24. The molecule has 0 amide bonds. The number of pyridine rings is 2. The molecule has 0 radical (unpaired) electrons. The lowest BCUT2D eigenvalue weighted by Gasteiger charge is -2.32. The van der Waals surface area contributed by atoms with Crippen LogP contribution in [-0.4, -0.2) is 137 Å². The summed E-state index contributed by atoms with van der Waals surface area (Å²) in [4.78, 5) is 42.0. The minimum absolute atomic E-state index is 0.0295. The minimum atomic E-state index is -0.461. The summed E-state index contributed by atoms with van der Waals surface area (Å²) in [5.74, 6) is -0.916. The van der Waals surface area contributed by atoms with Crippen LogP contribution < -0.4 is 0 Å². The first kappa shape index (κ1) is 41.2. The fourth-order valence-corrected chi connectivity index (χ4v) is 5.67. The number of unbranched alkanes of at least 4 members (excludes halogenated alkanes) is 4. The summed E-state index contributed by atoms with van der Waals surface area (Å²) >= 11 is 4.66. The van der Waals surface area contributed by atoms with Gasteiger partial charge in [-0.3, -0.25) is 9.80 Å². The molecule has 0 aliphatic carbocycles. The van der Waals surface area contributed by atoms with Gasteiger partial charge in [0.2, 0.25) is 0 Å². The second kappa shape index (κ2) is 25.7. The Balaban J connectivity index is 1.59. The van der Waals surface area contributed by atoms with E-state index in [4.69, 9.17) is 33.4 Å². The number of hydrogen-bond donors (Lipinski definition) is 0. The molecule has 1 fully saturated rings. The summed E-state index contributed by atoms with van der Waals surface area (Å²) in [6.45, 7) is 7.82. The Morgan fingerprint density at radius 2 is 1.30 bits per heavy atom. The van der Waals surface area contributed by atoms with Crippen LogP contribution >= 0.6 is 12.2 Å².